The molecule has 0 saturated carbocycles. The van der Waals surface area contributed by atoms with Gasteiger partial charge in [0.2, 0.25) is 0 Å². The Hall–Kier alpha value is -1.63. The second-order valence-electron chi connectivity index (χ2n) is 6.90. The predicted octanol–water partition coefficient (Wildman–Crippen LogP) is 1.62. The number of rotatable bonds is 3. The number of aliphatic hydroxyl groups is 1. The quantitative estimate of drug-likeness (QED) is 0.886. The molecule has 1 fully saturated rings. The fraction of sp³-hybridized carbons (Fsp3) is 0.812. The zero-order chi connectivity index (χ0) is 16.4. The van der Waals surface area contributed by atoms with Gasteiger partial charge in [0, 0.05) is 26.2 Å². The van der Waals surface area contributed by atoms with Gasteiger partial charge in [0.1, 0.15) is 5.82 Å². The van der Waals surface area contributed by atoms with E-state index in [-0.39, 0.29) is 24.1 Å². The highest BCUT2D eigenvalue weighted by atomic mass is 16.3. The lowest BCUT2D eigenvalue weighted by atomic mass is 9.77. The van der Waals surface area contributed by atoms with Crippen molar-refractivity contribution in [3.8, 4) is 0 Å². The van der Waals surface area contributed by atoms with E-state index in [1.54, 1.807) is 0 Å². The molecule has 7 nitrogen and oxygen atoms in total. The number of aryl methyl sites for hydroxylation is 1. The number of nitrogens with one attached hydrogen (secondary N) is 1. The van der Waals surface area contributed by atoms with Crippen molar-refractivity contribution in [2.45, 2.75) is 58.5 Å². The number of hydrogen-bond donors (Lipinski definition) is 2. The number of nitrogens with zero attached hydrogens (tertiary/aromatic N) is 4. The number of carbonyl (C=O) groups excluding carboxylic acids is 1. The van der Waals surface area contributed by atoms with Crippen molar-refractivity contribution in [3.05, 3.63) is 11.6 Å². The van der Waals surface area contributed by atoms with Crippen LogP contribution in [0.4, 0.5) is 4.79 Å². The van der Waals surface area contributed by atoms with Crippen LogP contribution in [-0.2, 0) is 6.54 Å². The Morgan fingerprint density at radius 1 is 1.35 bits per heavy atom. The molecule has 0 spiro atoms. The molecule has 128 valence electrons. The summed E-state index contributed by atoms with van der Waals surface area (Å²) in [4.78, 5) is 14.4. The van der Waals surface area contributed by atoms with Crippen molar-refractivity contribution in [3.63, 3.8) is 0 Å². The summed E-state index contributed by atoms with van der Waals surface area (Å²) < 4.78 is 2.10. The molecule has 23 heavy (non-hydrogen) atoms. The van der Waals surface area contributed by atoms with E-state index in [0.29, 0.717) is 13.1 Å². The van der Waals surface area contributed by atoms with Gasteiger partial charge in [0.05, 0.1) is 6.04 Å². The number of hydrogen-bond acceptors (Lipinski definition) is 4. The highest BCUT2D eigenvalue weighted by Crippen LogP contribution is 2.34. The number of fused-ring (bicyclic) bond motifs is 1. The lowest BCUT2D eigenvalue weighted by Gasteiger charge is -2.40. The van der Waals surface area contributed by atoms with Gasteiger partial charge < -0.3 is 19.9 Å². The summed E-state index contributed by atoms with van der Waals surface area (Å²) in [5.74, 6) is 1.78. The van der Waals surface area contributed by atoms with Gasteiger partial charge in [-0.05, 0) is 44.4 Å². The summed E-state index contributed by atoms with van der Waals surface area (Å²) in [7, 11) is 0. The van der Waals surface area contributed by atoms with Gasteiger partial charge in [-0.1, -0.05) is 6.92 Å². The summed E-state index contributed by atoms with van der Waals surface area (Å²) >= 11 is 0. The van der Waals surface area contributed by atoms with Crippen LogP contribution in [0, 0.1) is 12.3 Å². The topological polar surface area (TPSA) is 83.3 Å². The number of urea groups is 1. The molecule has 0 aliphatic carbocycles. The minimum absolute atomic E-state index is 0.00109. The molecule has 0 bridgehead atoms. The molecule has 0 radical (unpaired) electrons. The number of carbonyl (C=O) groups is 1. The molecule has 3 rings (SSSR count). The highest BCUT2D eigenvalue weighted by molar-refractivity contribution is 5.74. The third-order valence-electron chi connectivity index (χ3n) is 5.64. The van der Waals surface area contributed by atoms with Crippen LogP contribution in [0.15, 0.2) is 0 Å². The van der Waals surface area contributed by atoms with Crippen molar-refractivity contribution in [1.29, 1.82) is 0 Å². The molecule has 1 aromatic rings. The van der Waals surface area contributed by atoms with E-state index < -0.39 is 0 Å². The SMILES string of the molecule is CCC1(CO)CCN(C(=O)NC2CCCn3c(C)nnc32)CC1. The standard InChI is InChI=1S/C16H27N5O2/c1-3-16(11-22)6-9-20(10-7-16)15(23)17-13-5-4-8-21-12(2)18-19-14(13)21/h13,22H,3-11H2,1-2H3,(H,17,23). The average Bonchev–Trinajstić information content (AvgIpc) is 2.97. The molecule has 2 N–H and O–H groups in total. The van der Waals surface area contributed by atoms with Crippen LogP contribution in [0.1, 0.15) is 56.7 Å². The highest BCUT2D eigenvalue weighted by Gasteiger charge is 2.35. The first kappa shape index (κ1) is 16.2. The smallest absolute Gasteiger partial charge is 0.317 e. The Labute approximate surface area is 137 Å². The van der Waals surface area contributed by atoms with Gasteiger partial charge in [-0.15, -0.1) is 10.2 Å². The van der Waals surface area contributed by atoms with E-state index >= 15 is 0 Å². The predicted molar refractivity (Wildman–Crippen MR) is 85.9 cm³/mol. The van der Waals surface area contributed by atoms with Crippen molar-refractivity contribution in [1.82, 2.24) is 25.0 Å². The summed E-state index contributed by atoms with van der Waals surface area (Å²) in [5, 5.41) is 21.1. The average molecular weight is 321 g/mol. The van der Waals surface area contributed by atoms with E-state index in [9.17, 15) is 9.90 Å². The second-order valence-corrected chi connectivity index (χ2v) is 6.90. The number of aromatic nitrogens is 3. The molecule has 0 aromatic carbocycles. The first-order valence-electron chi connectivity index (χ1n) is 8.64. The van der Waals surface area contributed by atoms with Gasteiger partial charge in [-0.3, -0.25) is 0 Å². The molecule has 1 atom stereocenters. The Balaban J connectivity index is 1.61. The second kappa shape index (κ2) is 6.47. The van der Waals surface area contributed by atoms with Crippen LogP contribution in [-0.4, -0.2) is 50.5 Å². The van der Waals surface area contributed by atoms with E-state index in [1.807, 2.05) is 11.8 Å². The summed E-state index contributed by atoms with van der Waals surface area (Å²) in [6.45, 7) is 6.62. The van der Waals surface area contributed by atoms with Gasteiger partial charge in [0.15, 0.2) is 5.82 Å². The van der Waals surface area contributed by atoms with E-state index in [0.717, 1.165) is 50.3 Å². The van der Waals surface area contributed by atoms with Crippen LogP contribution in [0.3, 0.4) is 0 Å². The van der Waals surface area contributed by atoms with E-state index in [2.05, 4.69) is 27.0 Å². The Morgan fingerprint density at radius 2 is 2.09 bits per heavy atom. The molecule has 2 aliphatic rings. The Morgan fingerprint density at radius 3 is 2.74 bits per heavy atom. The van der Waals surface area contributed by atoms with Crippen molar-refractivity contribution < 1.29 is 9.90 Å². The third-order valence-corrected chi connectivity index (χ3v) is 5.64. The molecular formula is C16H27N5O2. The molecule has 7 heteroatoms. The Kier molecular flexibility index (Phi) is 4.57. The molecular weight excluding hydrogens is 294 g/mol. The fourth-order valence-corrected chi connectivity index (χ4v) is 3.70. The van der Waals surface area contributed by atoms with Gasteiger partial charge in [-0.2, -0.15) is 0 Å². The van der Waals surface area contributed by atoms with E-state index in [1.165, 1.54) is 0 Å². The van der Waals surface area contributed by atoms with E-state index in [4.69, 9.17) is 0 Å². The molecule has 2 amide bonds. The maximum absolute atomic E-state index is 12.6. The fourth-order valence-electron chi connectivity index (χ4n) is 3.70. The lowest BCUT2D eigenvalue weighted by molar-refractivity contribution is 0.0512. The zero-order valence-corrected chi connectivity index (χ0v) is 14.1. The molecule has 1 saturated heterocycles. The summed E-state index contributed by atoms with van der Waals surface area (Å²) in [6.07, 6.45) is 4.64. The minimum Gasteiger partial charge on any atom is -0.396 e. The normalized spacial score (nSPS) is 23.4. The summed E-state index contributed by atoms with van der Waals surface area (Å²) in [6, 6.07) is -0.0695. The van der Waals surface area contributed by atoms with Crippen LogP contribution < -0.4 is 5.32 Å². The molecule has 2 aliphatic heterocycles. The summed E-state index contributed by atoms with van der Waals surface area (Å²) in [5.41, 5.74) is -0.00109. The van der Waals surface area contributed by atoms with Crippen LogP contribution in [0.25, 0.3) is 0 Å². The van der Waals surface area contributed by atoms with Crippen molar-refractivity contribution in [2.75, 3.05) is 19.7 Å². The van der Waals surface area contributed by atoms with Crippen LogP contribution in [0.2, 0.25) is 0 Å². The van der Waals surface area contributed by atoms with Crippen LogP contribution >= 0.6 is 0 Å². The number of aliphatic hydroxyl groups excluding tert-OH is 1. The monoisotopic (exact) mass is 321 g/mol. The lowest BCUT2D eigenvalue weighted by Crippen LogP contribution is -2.49. The molecule has 1 unspecified atom stereocenters. The largest absolute Gasteiger partial charge is 0.396 e. The number of amides is 2. The molecule has 3 heterocycles. The van der Waals surface area contributed by atoms with Crippen molar-refractivity contribution in [2.24, 2.45) is 5.41 Å². The third kappa shape index (κ3) is 3.06. The maximum Gasteiger partial charge on any atom is 0.317 e. The number of piperidine rings is 1. The van der Waals surface area contributed by atoms with Gasteiger partial charge in [0.25, 0.3) is 0 Å². The number of likely N-dealkylation sites (tertiary alicyclic amines) is 1. The Bertz CT molecular complexity index is 557. The van der Waals surface area contributed by atoms with Crippen molar-refractivity contribution >= 4 is 6.03 Å². The first-order chi connectivity index (χ1) is 11.1. The zero-order valence-electron chi connectivity index (χ0n) is 14.1. The first-order valence-corrected chi connectivity index (χ1v) is 8.64. The van der Waals surface area contributed by atoms with Crippen LogP contribution in [0.5, 0.6) is 0 Å². The maximum atomic E-state index is 12.6. The van der Waals surface area contributed by atoms with Gasteiger partial charge in [-0.25, -0.2) is 4.79 Å². The van der Waals surface area contributed by atoms with Gasteiger partial charge >= 0.3 is 6.03 Å². The molecule has 1 aromatic heterocycles. The minimum atomic E-state index is -0.0480.